The van der Waals surface area contributed by atoms with Crippen LogP contribution in [0, 0.1) is 5.82 Å². The third kappa shape index (κ3) is 3.33. The number of rotatable bonds is 5. The molecule has 0 saturated heterocycles. The number of halogens is 1. The predicted octanol–water partition coefficient (Wildman–Crippen LogP) is 2.76. The van der Waals surface area contributed by atoms with Crippen molar-refractivity contribution < 1.29 is 22.3 Å². The molecule has 0 aliphatic rings. The van der Waals surface area contributed by atoms with E-state index in [4.69, 9.17) is 4.42 Å². The minimum Gasteiger partial charge on any atom is -0.443 e. The summed E-state index contributed by atoms with van der Waals surface area (Å²) in [4.78, 5) is 0. The number of aliphatic hydroxyl groups is 1. The Morgan fingerprint density at radius 2 is 1.92 bits per heavy atom. The van der Waals surface area contributed by atoms with E-state index >= 15 is 0 Å². The molecule has 3 aromatic rings. The van der Waals surface area contributed by atoms with Gasteiger partial charge in [0.1, 0.15) is 17.0 Å². The van der Waals surface area contributed by atoms with Crippen LogP contribution in [-0.2, 0) is 15.6 Å². The lowest BCUT2D eigenvalue weighted by Crippen LogP contribution is -2.38. The Labute approximate surface area is 138 Å². The van der Waals surface area contributed by atoms with Crippen molar-refractivity contribution in [2.75, 3.05) is 6.54 Å². The first-order valence-corrected chi connectivity index (χ1v) is 8.73. The Balaban J connectivity index is 1.81. The minimum absolute atomic E-state index is 0.237. The molecule has 0 bridgehead atoms. The molecule has 1 aromatic heterocycles. The SMILES string of the molecule is CC(O)(CNS(=O)(=O)c1cc2ccccc2o1)c1cccc(F)c1. The molecule has 0 fully saturated rings. The number of nitrogens with one attached hydrogen (secondary N) is 1. The summed E-state index contributed by atoms with van der Waals surface area (Å²) >= 11 is 0. The van der Waals surface area contributed by atoms with Crippen molar-refractivity contribution in [3.8, 4) is 0 Å². The van der Waals surface area contributed by atoms with E-state index in [0.29, 0.717) is 11.0 Å². The summed E-state index contributed by atoms with van der Waals surface area (Å²) in [7, 11) is -3.94. The molecule has 5 nitrogen and oxygen atoms in total. The van der Waals surface area contributed by atoms with Gasteiger partial charge in [-0.15, -0.1) is 0 Å². The van der Waals surface area contributed by atoms with E-state index < -0.39 is 21.4 Å². The van der Waals surface area contributed by atoms with Crippen molar-refractivity contribution in [1.29, 1.82) is 0 Å². The maximum absolute atomic E-state index is 13.3. The number of hydrogen-bond acceptors (Lipinski definition) is 4. The van der Waals surface area contributed by atoms with E-state index in [0.717, 1.165) is 6.07 Å². The van der Waals surface area contributed by atoms with E-state index in [1.54, 1.807) is 24.3 Å². The zero-order chi connectivity index (χ0) is 17.4. The Morgan fingerprint density at radius 3 is 2.62 bits per heavy atom. The lowest BCUT2D eigenvalue weighted by Gasteiger charge is -2.23. The van der Waals surface area contributed by atoms with Gasteiger partial charge in [-0.1, -0.05) is 30.3 Å². The number of sulfonamides is 1. The fraction of sp³-hybridized carbons (Fsp3) is 0.176. The van der Waals surface area contributed by atoms with Gasteiger partial charge < -0.3 is 9.52 Å². The van der Waals surface area contributed by atoms with Gasteiger partial charge in [0.2, 0.25) is 5.09 Å². The van der Waals surface area contributed by atoms with E-state index in [9.17, 15) is 17.9 Å². The summed E-state index contributed by atoms with van der Waals surface area (Å²) in [5, 5.41) is 10.9. The molecule has 0 spiro atoms. The zero-order valence-corrected chi connectivity index (χ0v) is 13.7. The van der Waals surface area contributed by atoms with Gasteiger partial charge in [0.25, 0.3) is 10.0 Å². The fourth-order valence-corrected chi connectivity index (χ4v) is 3.42. The summed E-state index contributed by atoms with van der Waals surface area (Å²) < 4.78 is 45.6. The first-order chi connectivity index (χ1) is 11.3. The molecule has 0 aliphatic heterocycles. The molecule has 0 amide bonds. The molecule has 2 N–H and O–H groups in total. The lowest BCUT2D eigenvalue weighted by atomic mass is 9.96. The molecule has 0 aliphatic carbocycles. The van der Waals surface area contributed by atoms with Crippen LogP contribution in [0.25, 0.3) is 11.0 Å². The third-order valence-electron chi connectivity index (χ3n) is 3.72. The van der Waals surface area contributed by atoms with Crippen molar-refractivity contribution in [1.82, 2.24) is 4.72 Å². The number of benzene rings is 2. The largest absolute Gasteiger partial charge is 0.443 e. The molecule has 126 valence electrons. The third-order valence-corrected chi connectivity index (χ3v) is 4.98. The van der Waals surface area contributed by atoms with Crippen LogP contribution in [0.3, 0.4) is 0 Å². The lowest BCUT2D eigenvalue weighted by molar-refractivity contribution is 0.0623. The second-order valence-corrected chi connectivity index (χ2v) is 7.41. The minimum atomic E-state index is -3.94. The van der Waals surface area contributed by atoms with Gasteiger partial charge in [0.15, 0.2) is 0 Å². The normalized spacial score (nSPS) is 14.6. The predicted molar refractivity (Wildman–Crippen MR) is 87.4 cm³/mol. The molecule has 0 saturated carbocycles. The first kappa shape index (κ1) is 16.6. The van der Waals surface area contributed by atoms with Crippen LogP contribution in [0.2, 0.25) is 0 Å². The Kier molecular flexibility index (Phi) is 4.16. The Bertz CT molecular complexity index is 946. The number of furan rings is 1. The molecule has 1 unspecified atom stereocenters. The fourth-order valence-electron chi connectivity index (χ4n) is 2.32. The van der Waals surface area contributed by atoms with Crippen molar-refractivity contribution in [3.05, 3.63) is 66.0 Å². The summed E-state index contributed by atoms with van der Waals surface area (Å²) in [5.41, 5.74) is -0.842. The topological polar surface area (TPSA) is 79.5 Å². The van der Waals surface area contributed by atoms with Crippen molar-refractivity contribution >= 4 is 21.0 Å². The molecular weight excluding hydrogens is 333 g/mol. The molecule has 24 heavy (non-hydrogen) atoms. The van der Waals surface area contributed by atoms with E-state index in [1.165, 1.54) is 31.2 Å². The monoisotopic (exact) mass is 349 g/mol. The Morgan fingerprint density at radius 1 is 1.17 bits per heavy atom. The van der Waals surface area contributed by atoms with Crippen LogP contribution in [0.15, 0.2) is 64.1 Å². The van der Waals surface area contributed by atoms with Gasteiger partial charge >= 0.3 is 0 Å². The van der Waals surface area contributed by atoms with Gasteiger partial charge in [-0.05, 0) is 30.7 Å². The van der Waals surface area contributed by atoms with Gasteiger partial charge in [-0.3, -0.25) is 0 Å². The highest BCUT2D eigenvalue weighted by molar-refractivity contribution is 7.89. The van der Waals surface area contributed by atoms with Crippen LogP contribution in [0.1, 0.15) is 12.5 Å². The molecule has 1 heterocycles. The summed E-state index contributed by atoms with van der Waals surface area (Å²) in [6.45, 7) is 1.08. The Hall–Kier alpha value is -2.22. The summed E-state index contributed by atoms with van der Waals surface area (Å²) in [5.74, 6) is -0.507. The zero-order valence-electron chi connectivity index (χ0n) is 12.9. The van der Waals surface area contributed by atoms with Crippen LogP contribution in [-0.4, -0.2) is 20.1 Å². The molecule has 2 aromatic carbocycles. The molecule has 3 rings (SSSR count). The van der Waals surface area contributed by atoms with Crippen molar-refractivity contribution in [2.45, 2.75) is 17.6 Å². The highest BCUT2D eigenvalue weighted by Gasteiger charge is 2.28. The molecule has 0 radical (unpaired) electrons. The second-order valence-electron chi connectivity index (χ2n) is 5.71. The average molecular weight is 349 g/mol. The summed E-state index contributed by atoms with van der Waals surface area (Å²) in [6.07, 6.45) is 0. The van der Waals surface area contributed by atoms with Gasteiger partial charge in [0, 0.05) is 18.0 Å². The number of fused-ring (bicyclic) bond motifs is 1. The van der Waals surface area contributed by atoms with E-state index in [-0.39, 0.29) is 17.2 Å². The second kappa shape index (κ2) is 6.01. The van der Waals surface area contributed by atoms with Gasteiger partial charge in [-0.25, -0.2) is 17.5 Å². The number of hydrogen-bond donors (Lipinski definition) is 2. The molecule has 7 heteroatoms. The van der Waals surface area contributed by atoms with Crippen LogP contribution >= 0.6 is 0 Å². The van der Waals surface area contributed by atoms with Crippen molar-refractivity contribution in [2.24, 2.45) is 0 Å². The van der Waals surface area contributed by atoms with Gasteiger partial charge in [0.05, 0.1) is 0 Å². The average Bonchev–Trinajstić information content (AvgIpc) is 2.98. The highest BCUT2D eigenvalue weighted by atomic mass is 32.2. The highest BCUT2D eigenvalue weighted by Crippen LogP contribution is 2.24. The van der Waals surface area contributed by atoms with Crippen molar-refractivity contribution in [3.63, 3.8) is 0 Å². The van der Waals surface area contributed by atoms with E-state index in [2.05, 4.69) is 4.72 Å². The molecular formula is C17H16FNO4S. The summed E-state index contributed by atoms with van der Waals surface area (Å²) in [6, 6.07) is 13.7. The van der Waals surface area contributed by atoms with E-state index in [1.807, 2.05) is 0 Å². The standard InChI is InChI=1S/C17H16FNO4S/c1-17(20,13-6-4-7-14(18)10-13)11-19-24(21,22)16-9-12-5-2-3-8-15(12)23-16/h2-10,19-20H,11H2,1H3. The van der Waals surface area contributed by atoms with Gasteiger partial charge in [-0.2, -0.15) is 0 Å². The smallest absolute Gasteiger partial charge is 0.274 e. The van der Waals surface area contributed by atoms with Crippen LogP contribution < -0.4 is 4.72 Å². The first-order valence-electron chi connectivity index (χ1n) is 7.25. The quantitative estimate of drug-likeness (QED) is 0.742. The maximum atomic E-state index is 13.3. The van der Waals surface area contributed by atoms with Crippen LogP contribution in [0.4, 0.5) is 4.39 Å². The maximum Gasteiger partial charge on any atom is 0.274 e. The number of para-hydroxylation sites is 1. The molecule has 1 atom stereocenters. The van der Waals surface area contributed by atoms with Crippen LogP contribution in [0.5, 0.6) is 0 Å².